The maximum atomic E-state index is 12.3. The highest BCUT2D eigenvalue weighted by Gasteiger charge is 2.10. The number of anilines is 1. The molecule has 4 nitrogen and oxygen atoms in total. The molecule has 0 aliphatic rings. The van der Waals surface area contributed by atoms with Gasteiger partial charge in [-0.2, -0.15) is 0 Å². The smallest absolute Gasteiger partial charge is 0.248 e. The first-order valence-corrected chi connectivity index (χ1v) is 8.77. The first-order chi connectivity index (χ1) is 13.2. The number of fused-ring (bicyclic) bond motifs is 1. The summed E-state index contributed by atoms with van der Waals surface area (Å²) >= 11 is 0. The number of hydrogen-bond acceptors (Lipinski definition) is 2. The van der Waals surface area contributed by atoms with Crippen molar-refractivity contribution in [2.75, 3.05) is 5.32 Å². The molecule has 0 atom stereocenters. The number of rotatable bonds is 4. The Bertz CT molecular complexity index is 1130. The molecule has 0 bridgehead atoms. The minimum absolute atomic E-state index is 0.168. The lowest BCUT2D eigenvalue weighted by atomic mass is 9.96. The van der Waals surface area contributed by atoms with Crippen molar-refractivity contribution in [3.63, 3.8) is 0 Å². The zero-order chi connectivity index (χ0) is 18.6. The molecule has 0 unspecified atom stereocenters. The van der Waals surface area contributed by atoms with E-state index in [0.717, 1.165) is 33.5 Å². The van der Waals surface area contributed by atoms with Crippen LogP contribution < -0.4 is 5.32 Å². The second-order valence-corrected chi connectivity index (χ2v) is 6.33. The Labute approximate surface area is 157 Å². The molecular weight excluding hydrogens is 334 g/mol. The Kier molecular flexibility index (Phi) is 4.54. The van der Waals surface area contributed by atoms with Crippen LogP contribution in [0.25, 0.3) is 28.1 Å². The number of hydrogen-bond donors (Lipinski definition) is 2. The fraction of sp³-hybridized carbons (Fsp3) is 0.0435. The molecule has 0 aliphatic carbocycles. The molecule has 0 saturated heterocycles. The molecule has 0 aliphatic heterocycles. The number of benzene rings is 2. The topological polar surface area (TPSA) is 57.8 Å². The fourth-order valence-corrected chi connectivity index (χ4v) is 3.20. The molecule has 4 heteroatoms. The highest BCUT2D eigenvalue weighted by molar-refractivity contribution is 6.03. The summed E-state index contributed by atoms with van der Waals surface area (Å²) in [6.45, 7) is 2.03. The zero-order valence-electron chi connectivity index (χ0n) is 14.9. The Morgan fingerprint density at radius 1 is 1.04 bits per heavy atom. The SMILES string of the molecule is Cc1c(NC(=O)C=Cc2cccnc2)cccc1-c1cccc2[nH]ccc12. The maximum Gasteiger partial charge on any atom is 0.248 e. The van der Waals surface area contributed by atoms with Gasteiger partial charge in [-0.1, -0.05) is 30.3 Å². The predicted octanol–water partition coefficient (Wildman–Crippen LogP) is 5.19. The average Bonchev–Trinajstić information content (AvgIpc) is 3.18. The lowest BCUT2D eigenvalue weighted by Gasteiger charge is -2.13. The van der Waals surface area contributed by atoms with Gasteiger partial charge < -0.3 is 10.3 Å². The van der Waals surface area contributed by atoms with Crippen molar-refractivity contribution in [3.05, 3.63) is 90.4 Å². The third-order valence-electron chi connectivity index (χ3n) is 4.59. The van der Waals surface area contributed by atoms with Gasteiger partial charge in [-0.15, -0.1) is 0 Å². The van der Waals surface area contributed by atoms with Crippen LogP contribution in [0.2, 0.25) is 0 Å². The molecule has 2 heterocycles. The number of carbonyl (C=O) groups excluding carboxylic acids is 1. The lowest BCUT2D eigenvalue weighted by molar-refractivity contribution is -0.111. The zero-order valence-corrected chi connectivity index (χ0v) is 14.9. The van der Waals surface area contributed by atoms with Crippen molar-refractivity contribution in [2.24, 2.45) is 0 Å². The summed E-state index contributed by atoms with van der Waals surface area (Å²) in [6, 6.07) is 18.0. The largest absolute Gasteiger partial charge is 0.361 e. The highest BCUT2D eigenvalue weighted by atomic mass is 16.1. The van der Waals surface area contributed by atoms with Crippen molar-refractivity contribution < 1.29 is 4.79 Å². The highest BCUT2D eigenvalue weighted by Crippen LogP contribution is 2.33. The quantitative estimate of drug-likeness (QED) is 0.496. The number of carbonyl (C=O) groups is 1. The molecule has 0 saturated carbocycles. The van der Waals surface area contributed by atoms with Gasteiger partial charge in [0.1, 0.15) is 0 Å². The first kappa shape index (κ1) is 16.8. The van der Waals surface area contributed by atoms with Crippen LogP contribution in [0, 0.1) is 6.92 Å². The van der Waals surface area contributed by atoms with E-state index in [0.29, 0.717) is 0 Å². The monoisotopic (exact) mass is 353 g/mol. The Morgan fingerprint density at radius 2 is 1.89 bits per heavy atom. The van der Waals surface area contributed by atoms with Crippen LogP contribution in [0.15, 0.2) is 79.3 Å². The van der Waals surface area contributed by atoms with E-state index in [1.165, 1.54) is 11.5 Å². The van der Waals surface area contributed by atoms with Crippen molar-refractivity contribution in [3.8, 4) is 11.1 Å². The van der Waals surface area contributed by atoms with Crippen LogP contribution in [0.4, 0.5) is 5.69 Å². The molecule has 2 aromatic heterocycles. The molecule has 1 amide bonds. The van der Waals surface area contributed by atoms with Gasteiger partial charge >= 0.3 is 0 Å². The van der Waals surface area contributed by atoms with E-state index in [4.69, 9.17) is 0 Å². The van der Waals surface area contributed by atoms with Crippen molar-refractivity contribution >= 4 is 28.6 Å². The van der Waals surface area contributed by atoms with Gasteiger partial charge in [0.05, 0.1) is 0 Å². The second-order valence-electron chi connectivity index (χ2n) is 6.33. The molecule has 0 radical (unpaired) electrons. The van der Waals surface area contributed by atoms with E-state index in [9.17, 15) is 4.79 Å². The molecule has 27 heavy (non-hydrogen) atoms. The molecule has 4 rings (SSSR count). The van der Waals surface area contributed by atoms with Gasteiger partial charge in [-0.3, -0.25) is 9.78 Å². The molecule has 4 aromatic rings. The number of aromatic nitrogens is 2. The van der Waals surface area contributed by atoms with E-state index in [2.05, 4.69) is 39.6 Å². The predicted molar refractivity (Wildman–Crippen MR) is 110 cm³/mol. The first-order valence-electron chi connectivity index (χ1n) is 8.77. The maximum absolute atomic E-state index is 12.3. The summed E-state index contributed by atoms with van der Waals surface area (Å²) in [5.41, 5.74) is 6.08. The normalized spacial score (nSPS) is 11.1. The summed E-state index contributed by atoms with van der Waals surface area (Å²) in [5.74, 6) is -0.168. The summed E-state index contributed by atoms with van der Waals surface area (Å²) < 4.78 is 0. The van der Waals surface area contributed by atoms with Crippen LogP contribution in [0.1, 0.15) is 11.1 Å². The van der Waals surface area contributed by atoms with Gasteiger partial charge in [0, 0.05) is 41.3 Å². The standard InChI is InChI=1S/C23H19N3O/c1-16-18(19-7-3-9-22-20(19)12-14-25-22)6-2-8-21(16)26-23(27)11-10-17-5-4-13-24-15-17/h2-15,25H,1H3,(H,26,27). The Balaban J connectivity index is 1.62. The minimum Gasteiger partial charge on any atom is -0.361 e. The van der Waals surface area contributed by atoms with E-state index in [1.54, 1.807) is 18.5 Å². The number of aromatic amines is 1. The molecule has 2 aromatic carbocycles. The van der Waals surface area contributed by atoms with Crippen molar-refractivity contribution in [2.45, 2.75) is 6.92 Å². The lowest BCUT2D eigenvalue weighted by Crippen LogP contribution is -2.09. The number of pyridine rings is 1. The summed E-state index contributed by atoms with van der Waals surface area (Å²) in [6.07, 6.45) is 8.64. The van der Waals surface area contributed by atoms with Crippen LogP contribution in [0.5, 0.6) is 0 Å². The van der Waals surface area contributed by atoms with E-state index in [-0.39, 0.29) is 5.91 Å². The molecule has 132 valence electrons. The van der Waals surface area contributed by atoms with Crippen LogP contribution in [0.3, 0.4) is 0 Å². The van der Waals surface area contributed by atoms with Gasteiger partial charge in [0.25, 0.3) is 0 Å². The second kappa shape index (κ2) is 7.30. The summed E-state index contributed by atoms with van der Waals surface area (Å²) in [7, 11) is 0. The van der Waals surface area contributed by atoms with Gasteiger partial charge in [-0.05, 0) is 59.5 Å². The summed E-state index contributed by atoms with van der Waals surface area (Å²) in [4.78, 5) is 19.6. The van der Waals surface area contributed by atoms with Crippen molar-refractivity contribution in [1.29, 1.82) is 0 Å². The van der Waals surface area contributed by atoms with E-state index in [1.807, 2.05) is 43.5 Å². The molecule has 2 N–H and O–H groups in total. The number of H-pyrrole nitrogens is 1. The van der Waals surface area contributed by atoms with E-state index >= 15 is 0 Å². The molecular formula is C23H19N3O. The molecule has 0 fully saturated rings. The Hall–Kier alpha value is -3.66. The fourth-order valence-electron chi connectivity index (χ4n) is 3.20. The van der Waals surface area contributed by atoms with Gasteiger partial charge in [-0.25, -0.2) is 0 Å². The van der Waals surface area contributed by atoms with Crippen LogP contribution in [-0.2, 0) is 4.79 Å². The minimum atomic E-state index is -0.168. The third-order valence-corrected chi connectivity index (χ3v) is 4.59. The van der Waals surface area contributed by atoms with Gasteiger partial charge in [0.2, 0.25) is 5.91 Å². The molecule has 0 spiro atoms. The average molecular weight is 353 g/mol. The van der Waals surface area contributed by atoms with Crippen LogP contribution >= 0.6 is 0 Å². The van der Waals surface area contributed by atoms with Gasteiger partial charge in [0.15, 0.2) is 0 Å². The number of nitrogens with zero attached hydrogens (tertiary/aromatic N) is 1. The summed E-state index contributed by atoms with van der Waals surface area (Å²) in [5, 5.41) is 4.15. The number of amides is 1. The van der Waals surface area contributed by atoms with Crippen molar-refractivity contribution in [1.82, 2.24) is 9.97 Å². The number of nitrogens with one attached hydrogen (secondary N) is 2. The third kappa shape index (κ3) is 3.51. The van der Waals surface area contributed by atoms with E-state index < -0.39 is 0 Å². The van der Waals surface area contributed by atoms with Crippen LogP contribution in [-0.4, -0.2) is 15.9 Å². The Morgan fingerprint density at radius 3 is 2.74 bits per heavy atom.